The standard InChI is InChI=1S/C31H30Cl2N2O2/c1-18(36)35-27-8-6-5-7-25(27)34-26-15-20(19-9-11-21(12-10-19)31(2,3)4)16-28(37)29(26)30(35)23-14-13-22(32)17-24(23)33/h5-14,17,20,30,34H,15-16H2,1-4H3/t20-,30+/m1/s1. The van der Waals surface area contributed by atoms with Crippen LogP contribution in [0, 0.1) is 0 Å². The van der Waals surface area contributed by atoms with Crippen LogP contribution in [-0.4, -0.2) is 11.7 Å². The van der Waals surface area contributed by atoms with Crippen LogP contribution in [0.5, 0.6) is 0 Å². The minimum Gasteiger partial charge on any atom is -0.357 e. The third-order valence-electron chi connectivity index (χ3n) is 7.33. The number of ketones is 1. The summed E-state index contributed by atoms with van der Waals surface area (Å²) in [6.45, 7) is 8.10. The highest BCUT2D eigenvalue weighted by atomic mass is 35.5. The molecule has 0 unspecified atom stereocenters. The summed E-state index contributed by atoms with van der Waals surface area (Å²) >= 11 is 12.9. The van der Waals surface area contributed by atoms with Crippen molar-refractivity contribution in [1.82, 2.24) is 0 Å². The largest absolute Gasteiger partial charge is 0.357 e. The maximum Gasteiger partial charge on any atom is 0.224 e. The van der Waals surface area contributed by atoms with Crippen LogP contribution in [0.3, 0.4) is 0 Å². The van der Waals surface area contributed by atoms with Crippen molar-refractivity contribution < 1.29 is 9.59 Å². The normalized spacial score (nSPS) is 19.6. The average molecular weight is 533 g/mol. The number of allylic oxidation sites excluding steroid dienone is 1. The number of anilines is 2. The van der Waals surface area contributed by atoms with E-state index >= 15 is 0 Å². The van der Waals surface area contributed by atoms with Crippen LogP contribution >= 0.6 is 23.2 Å². The first-order valence-corrected chi connectivity index (χ1v) is 13.3. The van der Waals surface area contributed by atoms with Gasteiger partial charge in [0.25, 0.3) is 0 Å². The molecule has 37 heavy (non-hydrogen) atoms. The highest BCUT2D eigenvalue weighted by molar-refractivity contribution is 6.35. The second-order valence-corrected chi connectivity index (χ2v) is 11.7. The molecule has 4 nitrogen and oxygen atoms in total. The second-order valence-electron chi connectivity index (χ2n) is 10.9. The Balaban J connectivity index is 1.65. The van der Waals surface area contributed by atoms with Gasteiger partial charge in [0.2, 0.25) is 5.91 Å². The number of carbonyl (C=O) groups is 2. The van der Waals surface area contributed by atoms with E-state index in [0.29, 0.717) is 39.7 Å². The number of halogens is 2. The van der Waals surface area contributed by atoms with E-state index in [1.165, 1.54) is 12.5 Å². The van der Waals surface area contributed by atoms with Gasteiger partial charge in [-0.1, -0.05) is 86.4 Å². The Hall–Kier alpha value is -3.08. The minimum atomic E-state index is -0.662. The first-order chi connectivity index (χ1) is 17.5. The van der Waals surface area contributed by atoms with E-state index in [1.54, 1.807) is 17.0 Å². The van der Waals surface area contributed by atoms with E-state index in [9.17, 15) is 9.59 Å². The summed E-state index contributed by atoms with van der Waals surface area (Å²) in [4.78, 5) is 28.8. The van der Waals surface area contributed by atoms with Crippen molar-refractivity contribution in [1.29, 1.82) is 0 Å². The van der Waals surface area contributed by atoms with Crippen molar-refractivity contribution in [3.05, 3.63) is 105 Å². The molecule has 0 radical (unpaired) electrons. The molecule has 3 aromatic rings. The monoisotopic (exact) mass is 532 g/mol. The summed E-state index contributed by atoms with van der Waals surface area (Å²) in [6, 6.07) is 20.8. The van der Waals surface area contributed by atoms with Crippen molar-refractivity contribution in [3.63, 3.8) is 0 Å². The molecular formula is C31H30Cl2N2O2. The molecule has 0 bridgehead atoms. The molecule has 5 rings (SSSR count). The molecule has 3 aromatic carbocycles. The summed E-state index contributed by atoms with van der Waals surface area (Å²) in [5, 5.41) is 4.46. The quantitative estimate of drug-likeness (QED) is 0.361. The number of rotatable bonds is 2. The van der Waals surface area contributed by atoms with Crippen molar-refractivity contribution in [3.8, 4) is 0 Å². The van der Waals surface area contributed by atoms with Crippen molar-refractivity contribution in [2.24, 2.45) is 0 Å². The number of nitrogens with zero attached hydrogens (tertiary/aromatic N) is 1. The van der Waals surface area contributed by atoms with Crippen molar-refractivity contribution in [2.75, 3.05) is 10.2 Å². The SMILES string of the molecule is CC(=O)N1c2ccccc2NC2=C(C(=O)C[C@H](c3ccc(C(C)(C)C)cc3)C2)[C@@H]1c1ccc(Cl)cc1Cl. The van der Waals surface area contributed by atoms with Gasteiger partial charge in [0.15, 0.2) is 5.78 Å². The fourth-order valence-corrected chi connectivity index (χ4v) is 5.96. The average Bonchev–Trinajstić information content (AvgIpc) is 2.98. The molecule has 1 amide bonds. The number of fused-ring (bicyclic) bond motifs is 1. The maximum absolute atomic E-state index is 14.0. The lowest BCUT2D eigenvalue weighted by Crippen LogP contribution is -2.37. The Morgan fingerprint density at radius 1 is 0.973 bits per heavy atom. The number of Topliss-reactive ketones (excluding diaryl/α,β-unsaturated/α-hetero) is 1. The first kappa shape index (κ1) is 25.6. The minimum absolute atomic E-state index is 0.00807. The zero-order valence-corrected chi connectivity index (χ0v) is 23.0. The smallest absolute Gasteiger partial charge is 0.224 e. The lowest BCUT2D eigenvalue weighted by Gasteiger charge is -2.35. The molecule has 6 heteroatoms. The number of hydrogen-bond acceptors (Lipinski definition) is 3. The summed E-state index contributed by atoms with van der Waals surface area (Å²) in [6.07, 6.45) is 1.01. The lowest BCUT2D eigenvalue weighted by molar-refractivity contribution is -0.117. The van der Waals surface area contributed by atoms with E-state index in [2.05, 4.69) is 50.4 Å². The van der Waals surface area contributed by atoms with Gasteiger partial charge in [0, 0.05) is 34.7 Å². The molecule has 0 saturated heterocycles. The number of para-hydroxylation sites is 2. The van der Waals surface area contributed by atoms with E-state index in [-0.39, 0.29) is 23.0 Å². The van der Waals surface area contributed by atoms with Gasteiger partial charge in [0.1, 0.15) is 0 Å². The molecule has 0 fully saturated rings. The number of benzene rings is 3. The topological polar surface area (TPSA) is 49.4 Å². The summed E-state index contributed by atoms with van der Waals surface area (Å²) in [7, 11) is 0. The van der Waals surface area contributed by atoms with Crippen LogP contribution in [0.25, 0.3) is 0 Å². The molecule has 2 aliphatic rings. The Labute approximate surface area is 228 Å². The number of carbonyl (C=O) groups excluding carboxylic acids is 2. The molecular weight excluding hydrogens is 503 g/mol. The fourth-order valence-electron chi connectivity index (χ4n) is 5.45. The van der Waals surface area contributed by atoms with E-state index in [1.807, 2.05) is 30.3 Å². The number of hydrogen-bond donors (Lipinski definition) is 1. The summed E-state index contributed by atoms with van der Waals surface area (Å²) in [5.74, 6) is -0.134. The lowest BCUT2D eigenvalue weighted by atomic mass is 9.77. The molecule has 0 saturated carbocycles. The van der Waals surface area contributed by atoms with E-state index in [0.717, 1.165) is 16.9 Å². The van der Waals surface area contributed by atoms with Gasteiger partial charge in [-0.15, -0.1) is 0 Å². The second kappa shape index (κ2) is 9.66. The molecule has 0 spiro atoms. The van der Waals surface area contributed by atoms with Crippen LogP contribution in [0.15, 0.2) is 78.0 Å². The van der Waals surface area contributed by atoms with Gasteiger partial charge in [-0.05, 0) is 58.7 Å². The molecule has 0 aromatic heterocycles. The van der Waals surface area contributed by atoms with Crippen LogP contribution in [-0.2, 0) is 15.0 Å². The highest BCUT2D eigenvalue weighted by Gasteiger charge is 2.41. The fraction of sp³-hybridized carbons (Fsp3) is 0.290. The molecule has 1 aliphatic heterocycles. The van der Waals surface area contributed by atoms with Crippen LogP contribution in [0.2, 0.25) is 10.0 Å². The molecule has 1 N–H and O–H groups in total. The van der Waals surface area contributed by atoms with Crippen LogP contribution in [0.1, 0.15) is 69.2 Å². The van der Waals surface area contributed by atoms with E-state index < -0.39 is 6.04 Å². The maximum atomic E-state index is 14.0. The van der Waals surface area contributed by atoms with Crippen LogP contribution < -0.4 is 10.2 Å². The first-order valence-electron chi connectivity index (χ1n) is 12.5. The van der Waals surface area contributed by atoms with Crippen LogP contribution in [0.4, 0.5) is 11.4 Å². The molecule has 2 atom stereocenters. The predicted molar refractivity (Wildman–Crippen MR) is 152 cm³/mol. The van der Waals surface area contributed by atoms with Crippen molar-refractivity contribution in [2.45, 2.75) is 57.9 Å². The molecule has 1 aliphatic carbocycles. The van der Waals surface area contributed by atoms with Gasteiger partial charge in [0.05, 0.1) is 17.4 Å². The van der Waals surface area contributed by atoms with E-state index in [4.69, 9.17) is 23.2 Å². The van der Waals surface area contributed by atoms with Gasteiger partial charge < -0.3 is 5.32 Å². The molecule has 190 valence electrons. The third-order valence-corrected chi connectivity index (χ3v) is 7.90. The summed E-state index contributed by atoms with van der Waals surface area (Å²) < 4.78 is 0. The van der Waals surface area contributed by atoms with Gasteiger partial charge >= 0.3 is 0 Å². The third kappa shape index (κ3) is 4.81. The predicted octanol–water partition coefficient (Wildman–Crippen LogP) is 8.21. The number of amides is 1. The Morgan fingerprint density at radius 3 is 2.32 bits per heavy atom. The Morgan fingerprint density at radius 2 is 1.68 bits per heavy atom. The summed E-state index contributed by atoms with van der Waals surface area (Å²) in [5.41, 5.74) is 6.03. The zero-order valence-electron chi connectivity index (χ0n) is 21.4. The highest BCUT2D eigenvalue weighted by Crippen LogP contribution is 2.48. The zero-order chi connectivity index (χ0) is 26.5. The number of nitrogens with one attached hydrogen (secondary N) is 1. The Bertz CT molecular complexity index is 1420. The van der Waals surface area contributed by atoms with Crippen molar-refractivity contribution >= 4 is 46.3 Å². The molecule has 1 heterocycles. The van der Waals surface area contributed by atoms with Gasteiger partial charge in [-0.3, -0.25) is 14.5 Å². The van der Waals surface area contributed by atoms with Gasteiger partial charge in [-0.25, -0.2) is 0 Å². The van der Waals surface area contributed by atoms with Gasteiger partial charge in [-0.2, -0.15) is 0 Å². The Kier molecular flexibility index (Phi) is 6.68.